The molecule has 0 atom stereocenters. The summed E-state index contributed by atoms with van der Waals surface area (Å²) >= 11 is 0. The molecule has 6 heteroatoms. The molecule has 0 aliphatic carbocycles. The fourth-order valence-electron chi connectivity index (χ4n) is 2.55. The lowest BCUT2D eigenvalue weighted by Gasteiger charge is -2.11. The second kappa shape index (κ2) is 6.66. The van der Waals surface area contributed by atoms with Crippen LogP contribution in [-0.2, 0) is 11.3 Å². The molecule has 0 amide bonds. The molecule has 120 valence electrons. The Kier molecular flexibility index (Phi) is 4.43. The lowest BCUT2D eigenvalue weighted by molar-refractivity contribution is 0.188. The molecule has 0 bridgehead atoms. The van der Waals surface area contributed by atoms with E-state index in [1.807, 2.05) is 30.3 Å². The van der Waals surface area contributed by atoms with Gasteiger partial charge in [-0.25, -0.2) is 9.97 Å². The molecule has 2 aromatic heterocycles. The van der Waals surface area contributed by atoms with Gasteiger partial charge in [0.05, 0.1) is 20.8 Å². The molecule has 0 radical (unpaired) electrons. The van der Waals surface area contributed by atoms with Gasteiger partial charge in [0, 0.05) is 25.4 Å². The Morgan fingerprint density at radius 1 is 1.04 bits per heavy atom. The fraction of sp³-hybridized carbons (Fsp3) is 0.294. The SMILES string of the molecule is COCCn1c(-c2ccc(OC)c(OC)c2)nc2cccnc21. The highest BCUT2D eigenvalue weighted by Crippen LogP contribution is 2.33. The number of imidazole rings is 1. The quantitative estimate of drug-likeness (QED) is 0.700. The van der Waals surface area contributed by atoms with Crippen LogP contribution >= 0.6 is 0 Å². The molecule has 0 fully saturated rings. The molecule has 0 saturated heterocycles. The number of benzene rings is 1. The van der Waals surface area contributed by atoms with Crippen molar-refractivity contribution in [3.63, 3.8) is 0 Å². The normalized spacial score (nSPS) is 10.9. The Labute approximate surface area is 134 Å². The summed E-state index contributed by atoms with van der Waals surface area (Å²) in [7, 11) is 4.93. The van der Waals surface area contributed by atoms with Gasteiger partial charge < -0.3 is 18.8 Å². The van der Waals surface area contributed by atoms with Gasteiger partial charge in [-0.05, 0) is 30.3 Å². The first-order valence-electron chi connectivity index (χ1n) is 7.31. The topological polar surface area (TPSA) is 58.4 Å². The molecule has 3 rings (SSSR count). The molecule has 1 aromatic carbocycles. The lowest BCUT2D eigenvalue weighted by Crippen LogP contribution is -2.06. The average molecular weight is 313 g/mol. The maximum Gasteiger partial charge on any atom is 0.161 e. The first-order chi connectivity index (χ1) is 11.3. The summed E-state index contributed by atoms with van der Waals surface area (Å²) in [4.78, 5) is 9.16. The van der Waals surface area contributed by atoms with Crippen molar-refractivity contribution < 1.29 is 14.2 Å². The molecular formula is C17H19N3O3. The van der Waals surface area contributed by atoms with Gasteiger partial charge in [0.15, 0.2) is 17.1 Å². The maximum atomic E-state index is 5.39. The second-order valence-electron chi connectivity index (χ2n) is 5.00. The Bertz CT molecular complexity index is 814. The largest absolute Gasteiger partial charge is 0.493 e. The van der Waals surface area contributed by atoms with E-state index in [-0.39, 0.29) is 0 Å². The number of ether oxygens (including phenoxy) is 3. The molecule has 23 heavy (non-hydrogen) atoms. The number of hydrogen-bond acceptors (Lipinski definition) is 5. The van der Waals surface area contributed by atoms with Crippen LogP contribution in [0.1, 0.15) is 0 Å². The van der Waals surface area contributed by atoms with Crippen molar-refractivity contribution in [3.8, 4) is 22.9 Å². The zero-order valence-electron chi connectivity index (χ0n) is 13.4. The van der Waals surface area contributed by atoms with Gasteiger partial charge in [0.25, 0.3) is 0 Å². The second-order valence-corrected chi connectivity index (χ2v) is 5.00. The van der Waals surface area contributed by atoms with Crippen molar-refractivity contribution in [2.24, 2.45) is 0 Å². The molecule has 0 aliphatic rings. The minimum atomic E-state index is 0.586. The minimum Gasteiger partial charge on any atom is -0.493 e. The Morgan fingerprint density at radius 3 is 2.61 bits per heavy atom. The smallest absolute Gasteiger partial charge is 0.161 e. The number of fused-ring (bicyclic) bond motifs is 1. The van der Waals surface area contributed by atoms with Crippen LogP contribution in [-0.4, -0.2) is 42.5 Å². The molecule has 0 aliphatic heterocycles. The fourth-order valence-corrected chi connectivity index (χ4v) is 2.55. The summed E-state index contributed by atoms with van der Waals surface area (Å²) in [5.41, 5.74) is 2.64. The van der Waals surface area contributed by atoms with Gasteiger partial charge in [-0.15, -0.1) is 0 Å². The van der Waals surface area contributed by atoms with Crippen LogP contribution in [0.3, 0.4) is 0 Å². The predicted octanol–water partition coefficient (Wildman–Crippen LogP) is 2.76. The van der Waals surface area contributed by atoms with Crippen molar-refractivity contribution in [1.82, 2.24) is 14.5 Å². The van der Waals surface area contributed by atoms with Crippen molar-refractivity contribution in [1.29, 1.82) is 0 Å². The number of nitrogens with zero attached hydrogens (tertiary/aromatic N) is 3. The Morgan fingerprint density at radius 2 is 1.87 bits per heavy atom. The molecule has 0 spiro atoms. The third kappa shape index (κ3) is 2.85. The summed E-state index contributed by atoms with van der Waals surface area (Å²) in [5, 5.41) is 0. The summed E-state index contributed by atoms with van der Waals surface area (Å²) in [6.07, 6.45) is 1.77. The molecule has 6 nitrogen and oxygen atoms in total. The van der Waals surface area contributed by atoms with Crippen LogP contribution in [0, 0.1) is 0 Å². The number of pyridine rings is 1. The third-order valence-electron chi connectivity index (χ3n) is 3.66. The van der Waals surface area contributed by atoms with Crippen LogP contribution < -0.4 is 9.47 Å². The predicted molar refractivity (Wildman–Crippen MR) is 87.9 cm³/mol. The molecule has 0 N–H and O–H groups in total. The van der Waals surface area contributed by atoms with Crippen LogP contribution in [0.5, 0.6) is 11.5 Å². The minimum absolute atomic E-state index is 0.586. The van der Waals surface area contributed by atoms with Crippen molar-refractivity contribution >= 4 is 11.2 Å². The monoisotopic (exact) mass is 313 g/mol. The Balaban J connectivity index is 2.14. The first kappa shape index (κ1) is 15.3. The van der Waals surface area contributed by atoms with Gasteiger partial charge in [-0.3, -0.25) is 0 Å². The number of hydrogen-bond donors (Lipinski definition) is 0. The van der Waals surface area contributed by atoms with Crippen LogP contribution in [0.2, 0.25) is 0 Å². The van der Waals surface area contributed by atoms with Crippen molar-refractivity contribution in [2.45, 2.75) is 6.54 Å². The summed E-state index contributed by atoms with van der Waals surface area (Å²) in [6, 6.07) is 9.60. The zero-order chi connectivity index (χ0) is 16.2. The summed E-state index contributed by atoms with van der Waals surface area (Å²) in [6.45, 7) is 1.26. The zero-order valence-corrected chi connectivity index (χ0v) is 13.4. The van der Waals surface area contributed by atoms with Crippen LogP contribution in [0.25, 0.3) is 22.6 Å². The van der Waals surface area contributed by atoms with E-state index in [1.54, 1.807) is 27.5 Å². The van der Waals surface area contributed by atoms with Gasteiger partial charge in [0.2, 0.25) is 0 Å². The summed E-state index contributed by atoms with van der Waals surface area (Å²) in [5.74, 6) is 2.19. The van der Waals surface area contributed by atoms with Crippen molar-refractivity contribution in [2.75, 3.05) is 27.9 Å². The van der Waals surface area contributed by atoms with E-state index in [0.717, 1.165) is 22.6 Å². The Hall–Kier alpha value is -2.60. The molecular weight excluding hydrogens is 294 g/mol. The highest BCUT2D eigenvalue weighted by atomic mass is 16.5. The number of rotatable bonds is 6. The van der Waals surface area contributed by atoms with Gasteiger partial charge in [0.1, 0.15) is 11.3 Å². The van der Waals surface area contributed by atoms with E-state index >= 15 is 0 Å². The lowest BCUT2D eigenvalue weighted by atomic mass is 10.2. The van der Waals surface area contributed by atoms with Gasteiger partial charge >= 0.3 is 0 Å². The van der Waals surface area contributed by atoms with E-state index in [4.69, 9.17) is 19.2 Å². The molecule has 2 heterocycles. The van der Waals surface area contributed by atoms with E-state index in [0.29, 0.717) is 24.7 Å². The molecule has 3 aromatic rings. The van der Waals surface area contributed by atoms with E-state index < -0.39 is 0 Å². The van der Waals surface area contributed by atoms with Crippen LogP contribution in [0.4, 0.5) is 0 Å². The van der Waals surface area contributed by atoms with E-state index in [2.05, 4.69) is 9.55 Å². The molecule has 0 unspecified atom stereocenters. The highest BCUT2D eigenvalue weighted by Gasteiger charge is 2.15. The summed E-state index contributed by atoms with van der Waals surface area (Å²) < 4.78 is 18.0. The number of aromatic nitrogens is 3. The number of methoxy groups -OCH3 is 3. The van der Waals surface area contributed by atoms with Crippen LogP contribution in [0.15, 0.2) is 36.5 Å². The van der Waals surface area contributed by atoms with Crippen molar-refractivity contribution in [3.05, 3.63) is 36.5 Å². The average Bonchev–Trinajstić information content (AvgIpc) is 2.97. The molecule has 0 saturated carbocycles. The van der Waals surface area contributed by atoms with Gasteiger partial charge in [-0.2, -0.15) is 0 Å². The van der Waals surface area contributed by atoms with E-state index in [1.165, 1.54) is 0 Å². The standard InChI is InChI=1S/C17H19N3O3/c1-21-10-9-20-16(19-13-5-4-8-18-17(13)20)12-6-7-14(22-2)15(11-12)23-3/h4-8,11H,9-10H2,1-3H3. The third-order valence-corrected chi connectivity index (χ3v) is 3.66. The van der Waals surface area contributed by atoms with E-state index in [9.17, 15) is 0 Å². The van der Waals surface area contributed by atoms with Gasteiger partial charge in [-0.1, -0.05) is 0 Å². The maximum absolute atomic E-state index is 5.39. The highest BCUT2D eigenvalue weighted by molar-refractivity contribution is 5.77. The first-order valence-corrected chi connectivity index (χ1v) is 7.31.